The minimum absolute atomic E-state index is 0.403. The van der Waals surface area contributed by atoms with Gasteiger partial charge in [-0.1, -0.05) is 12.8 Å². The van der Waals surface area contributed by atoms with Gasteiger partial charge >= 0.3 is 0 Å². The number of Topliss-reactive ketones (excluding diaryl/α,β-unsaturated/α-hetero) is 1. The summed E-state index contributed by atoms with van der Waals surface area (Å²) in [6.45, 7) is 7.98. The second-order valence-corrected chi connectivity index (χ2v) is 12.7. The molecule has 4 heterocycles. The van der Waals surface area contributed by atoms with Crippen molar-refractivity contribution in [2.75, 3.05) is 37.6 Å². The topological polar surface area (TPSA) is 49.3 Å². The van der Waals surface area contributed by atoms with E-state index in [1.807, 2.05) is 24.5 Å². The van der Waals surface area contributed by atoms with Gasteiger partial charge in [0, 0.05) is 61.4 Å². The van der Waals surface area contributed by atoms with Gasteiger partial charge in [0.15, 0.2) is 5.13 Å². The zero-order valence-electron chi connectivity index (χ0n) is 20.1. The van der Waals surface area contributed by atoms with Crippen LogP contribution in [0.5, 0.6) is 0 Å². The van der Waals surface area contributed by atoms with Gasteiger partial charge in [-0.05, 0) is 63.8 Å². The molecule has 0 spiro atoms. The summed E-state index contributed by atoms with van der Waals surface area (Å²) >= 11 is 3.62. The lowest BCUT2D eigenvalue weighted by Gasteiger charge is -2.30. The molecule has 1 aliphatic carbocycles. The van der Waals surface area contributed by atoms with E-state index in [0.717, 1.165) is 35.2 Å². The SMILES string of the molecule is Cc1ncc(CC(=O)CC2CCC(CCN3CCc4nc(N5CCCC5)sc4CC3)CC2)s1. The normalized spacial score (nSPS) is 24.1. The zero-order valence-corrected chi connectivity index (χ0v) is 21.7. The van der Waals surface area contributed by atoms with Crippen LogP contribution in [0.2, 0.25) is 0 Å². The summed E-state index contributed by atoms with van der Waals surface area (Å²) in [7, 11) is 0. The van der Waals surface area contributed by atoms with Gasteiger partial charge in [-0.3, -0.25) is 4.79 Å². The van der Waals surface area contributed by atoms with Crippen molar-refractivity contribution < 1.29 is 4.79 Å². The van der Waals surface area contributed by atoms with Crippen molar-refractivity contribution >= 4 is 33.6 Å². The molecule has 3 aliphatic rings. The zero-order chi connectivity index (χ0) is 22.6. The quantitative estimate of drug-likeness (QED) is 0.506. The molecule has 5 nitrogen and oxygen atoms in total. The maximum atomic E-state index is 12.5. The number of hydrogen-bond donors (Lipinski definition) is 0. The molecule has 33 heavy (non-hydrogen) atoms. The fraction of sp³-hybridized carbons (Fsp3) is 0.731. The molecule has 2 aliphatic heterocycles. The number of thiazole rings is 2. The number of carbonyl (C=O) groups excluding carboxylic acids is 1. The predicted octanol–water partition coefficient (Wildman–Crippen LogP) is 5.31. The summed E-state index contributed by atoms with van der Waals surface area (Å²) in [5, 5.41) is 2.34. The average Bonchev–Trinajstić information content (AvgIpc) is 3.54. The third-order valence-corrected chi connectivity index (χ3v) is 9.97. The molecule has 0 unspecified atom stereocenters. The first-order valence-corrected chi connectivity index (χ1v) is 14.6. The first-order chi connectivity index (χ1) is 16.1. The van der Waals surface area contributed by atoms with Crippen LogP contribution in [-0.4, -0.2) is 53.4 Å². The van der Waals surface area contributed by atoms with Crippen molar-refractivity contribution in [1.82, 2.24) is 14.9 Å². The minimum Gasteiger partial charge on any atom is -0.348 e. The third-order valence-electron chi connectivity index (χ3n) is 7.84. The van der Waals surface area contributed by atoms with E-state index < -0.39 is 0 Å². The van der Waals surface area contributed by atoms with Crippen molar-refractivity contribution in [1.29, 1.82) is 0 Å². The summed E-state index contributed by atoms with van der Waals surface area (Å²) in [6.07, 6.45) is 14.6. The van der Waals surface area contributed by atoms with Crippen molar-refractivity contribution in [3.05, 3.63) is 26.7 Å². The van der Waals surface area contributed by atoms with Gasteiger partial charge in [0.05, 0.1) is 10.7 Å². The predicted molar refractivity (Wildman–Crippen MR) is 138 cm³/mol. The van der Waals surface area contributed by atoms with Crippen LogP contribution >= 0.6 is 22.7 Å². The van der Waals surface area contributed by atoms with Crippen molar-refractivity contribution in [3.63, 3.8) is 0 Å². The second kappa shape index (κ2) is 11.0. The molecule has 1 saturated heterocycles. The van der Waals surface area contributed by atoms with Crippen molar-refractivity contribution in [2.24, 2.45) is 11.8 Å². The molecule has 0 radical (unpaired) electrons. The Balaban J connectivity index is 1.00. The summed E-state index contributed by atoms with van der Waals surface area (Å²) < 4.78 is 0. The van der Waals surface area contributed by atoms with Crippen LogP contribution in [0.15, 0.2) is 6.20 Å². The molecule has 7 heteroatoms. The van der Waals surface area contributed by atoms with E-state index in [0.29, 0.717) is 18.1 Å². The number of hydrogen-bond acceptors (Lipinski definition) is 7. The molecule has 0 N–H and O–H groups in total. The number of nitrogens with zero attached hydrogens (tertiary/aromatic N) is 4. The van der Waals surface area contributed by atoms with Crippen molar-refractivity contribution in [2.45, 2.75) is 77.6 Å². The molecule has 0 bridgehead atoms. The Morgan fingerprint density at radius 1 is 1.03 bits per heavy atom. The Morgan fingerprint density at radius 2 is 1.79 bits per heavy atom. The highest BCUT2D eigenvalue weighted by molar-refractivity contribution is 7.15. The lowest BCUT2D eigenvalue weighted by Crippen LogP contribution is -2.30. The highest BCUT2D eigenvalue weighted by atomic mass is 32.1. The monoisotopic (exact) mass is 486 g/mol. The Bertz CT molecular complexity index is 899. The van der Waals surface area contributed by atoms with Gasteiger partial charge in [0.25, 0.3) is 0 Å². The van der Waals surface area contributed by atoms with Crippen LogP contribution in [0.1, 0.15) is 71.8 Å². The van der Waals surface area contributed by atoms with Gasteiger partial charge in [0.2, 0.25) is 0 Å². The fourth-order valence-electron chi connectivity index (χ4n) is 5.83. The Hall–Kier alpha value is -1.31. The number of anilines is 1. The van der Waals surface area contributed by atoms with E-state index in [2.05, 4.69) is 14.8 Å². The molecule has 5 rings (SSSR count). The third kappa shape index (κ3) is 6.23. The molecular formula is C26H38N4OS2. The maximum absolute atomic E-state index is 12.5. The van der Waals surface area contributed by atoms with Crippen LogP contribution < -0.4 is 4.90 Å². The van der Waals surface area contributed by atoms with Crippen LogP contribution in [0.25, 0.3) is 0 Å². The Labute approximate surface area is 206 Å². The highest BCUT2D eigenvalue weighted by Crippen LogP contribution is 2.34. The van der Waals surface area contributed by atoms with Gasteiger partial charge in [0.1, 0.15) is 5.78 Å². The Kier molecular flexibility index (Phi) is 7.78. The number of fused-ring (bicyclic) bond motifs is 1. The molecular weight excluding hydrogens is 448 g/mol. The summed E-state index contributed by atoms with van der Waals surface area (Å²) in [4.78, 5) is 29.6. The number of carbonyl (C=O) groups is 1. The summed E-state index contributed by atoms with van der Waals surface area (Å²) in [5.74, 6) is 1.85. The standard InChI is InChI=1S/C26H38N4OS2/c1-19-27-18-23(32-19)17-22(31)16-21-6-4-20(5-7-21)8-13-29-14-9-24-25(10-15-29)33-26(28-24)30-11-2-3-12-30/h18,20-21H,2-17H2,1H3. The van der Waals surface area contributed by atoms with Gasteiger partial charge in [-0.15, -0.1) is 22.7 Å². The van der Waals surface area contributed by atoms with Gasteiger partial charge in [-0.25, -0.2) is 9.97 Å². The smallest absolute Gasteiger partial charge is 0.185 e. The highest BCUT2D eigenvalue weighted by Gasteiger charge is 2.25. The van der Waals surface area contributed by atoms with E-state index in [-0.39, 0.29) is 0 Å². The summed E-state index contributed by atoms with van der Waals surface area (Å²) in [6, 6.07) is 0. The molecule has 180 valence electrons. The Morgan fingerprint density at radius 3 is 2.55 bits per heavy atom. The minimum atomic E-state index is 0.403. The van der Waals surface area contributed by atoms with Gasteiger partial charge in [-0.2, -0.15) is 0 Å². The maximum Gasteiger partial charge on any atom is 0.185 e. The molecule has 0 aromatic carbocycles. The van der Waals surface area contributed by atoms with E-state index >= 15 is 0 Å². The van der Waals surface area contributed by atoms with E-state index in [9.17, 15) is 4.79 Å². The molecule has 2 fully saturated rings. The van der Waals surface area contributed by atoms with Crippen LogP contribution in [-0.2, 0) is 24.1 Å². The lowest BCUT2D eigenvalue weighted by atomic mass is 9.78. The fourth-order valence-corrected chi connectivity index (χ4v) is 7.80. The van der Waals surface area contributed by atoms with E-state index in [4.69, 9.17) is 4.98 Å². The summed E-state index contributed by atoms with van der Waals surface area (Å²) in [5.41, 5.74) is 1.38. The van der Waals surface area contributed by atoms with Crippen molar-refractivity contribution in [3.8, 4) is 0 Å². The first-order valence-electron chi connectivity index (χ1n) is 13.0. The van der Waals surface area contributed by atoms with Crippen LogP contribution in [0.3, 0.4) is 0 Å². The first kappa shape index (κ1) is 23.4. The lowest BCUT2D eigenvalue weighted by molar-refractivity contribution is -0.119. The van der Waals surface area contributed by atoms with Gasteiger partial charge < -0.3 is 9.80 Å². The second-order valence-electron chi connectivity index (χ2n) is 10.3. The number of ketones is 1. The molecule has 1 saturated carbocycles. The average molecular weight is 487 g/mol. The largest absolute Gasteiger partial charge is 0.348 e. The number of aromatic nitrogens is 2. The molecule has 0 amide bonds. The number of rotatable bonds is 8. The molecule has 2 aromatic heterocycles. The number of aryl methyl sites for hydroxylation is 1. The molecule has 0 atom stereocenters. The van der Waals surface area contributed by atoms with E-state index in [1.54, 1.807) is 11.3 Å². The van der Waals surface area contributed by atoms with Crippen LogP contribution in [0.4, 0.5) is 5.13 Å². The van der Waals surface area contributed by atoms with Crippen LogP contribution in [0, 0.1) is 18.8 Å². The van der Waals surface area contributed by atoms with E-state index in [1.165, 1.54) is 93.2 Å². The molecule has 2 aromatic rings.